The minimum absolute atomic E-state index is 0.894. The summed E-state index contributed by atoms with van der Waals surface area (Å²) in [6.07, 6.45) is 17.0. The van der Waals surface area contributed by atoms with Gasteiger partial charge in [0.1, 0.15) is 0 Å². The van der Waals surface area contributed by atoms with Crippen molar-refractivity contribution in [3.8, 4) is 0 Å². The van der Waals surface area contributed by atoms with E-state index >= 15 is 0 Å². The molecule has 0 aromatic heterocycles. The number of nitrogens with zero attached hydrogens (tertiary/aromatic N) is 1. The summed E-state index contributed by atoms with van der Waals surface area (Å²) in [5.74, 6) is 0. The second-order valence-electron chi connectivity index (χ2n) is 7.25. The molecule has 0 fully saturated rings. The Kier molecular flexibility index (Phi) is 13.6. The molecule has 0 aromatic carbocycles. The summed E-state index contributed by atoms with van der Waals surface area (Å²) < 4.78 is 1.32. The van der Waals surface area contributed by atoms with Crippen LogP contribution in [0.15, 0.2) is 0 Å². The lowest BCUT2D eigenvalue weighted by Crippen LogP contribution is -2.53. The van der Waals surface area contributed by atoms with Crippen LogP contribution in [0, 0.1) is 0 Å². The maximum Gasteiger partial charge on any atom is 0.0885 e. The number of unbranched alkanes of at least 4 members (excludes halogenated alkanes) is 7. The second-order valence-corrected chi connectivity index (χ2v) is 7.25. The number of quaternary nitrogens is 1. The molecule has 0 saturated heterocycles. The summed E-state index contributed by atoms with van der Waals surface area (Å²) in [6, 6.07) is 0.894. The predicted molar refractivity (Wildman–Crippen MR) is 97.8 cm³/mol. The van der Waals surface area contributed by atoms with Crippen LogP contribution in [0.2, 0.25) is 0 Å². The molecule has 0 heterocycles. The highest BCUT2D eigenvalue weighted by Gasteiger charge is 2.28. The number of hydrogen-bond donors (Lipinski definition) is 0. The van der Waals surface area contributed by atoms with Crippen LogP contribution < -0.4 is 0 Å². The fourth-order valence-electron chi connectivity index (χ4n) is 3.97. The monoisotopic (exact) mass is 298 g/mol. The van der Waals surface area contributed by atoms with Crippen molar-refractivity contribution >= 4 is 0 Å². The molecule has 0 rings (SSSR count). The van der Waals surface area contributed by atoms with Gasteiger partial charge in [-0.1, -0.05) is 72.6 Å². The molecule has 1 unspecified atom stereocenters. The molecule has 1 heteroatoms. The maximum atomic E-state index is 2.51. The average molecular weight is 299 g/mol. The minimum atomic E-state index is 0.894. The number of hydrogen-bond acceptors (Lipinski definition) is 0. The van der Waals surface area contributed by atoms with E-state index in [4.69, 9.17) is 0 Å². The van der Waals surface area contributed by atoms with Gasteiger partial charge in [0.15, 0.2) is 0 Å². The fourth-order valence-corrected chi connectivity index (χ4v) is 3.97. The molecule has 128 valence electrons. The van der Waals surface area contributed by atoms with E-state index in [-0.39, 0.29) is 0 Å². The summed E-state index contributed by atoms with van der Waals surface area (Å²) >= 11 is 0. The Morgan fingerprint density at radius 1 is 0.619 bits per heavy atom. The van der Waals surface area contributed by atoms with Crippen LogP contribution in [-0.4, -0.2) is 30.7 Å². The lowest BCUT2D eigenvalue weighted by Gasteiger charge is -2.41. The van der Waals surface area contributed by atoms with E-state index in [0.29, 0.717) is 0 Å². The molecule has 0 amide bonds. The summed E-state index contributed by atoms with van der Waals surface area (Å²) in [6.45, 7) is 12.1. The van der Waals surface area contributed by atoms with Crippen LogP contribution in [0.5, 0.6) is 0 Å². The van der Waals surface area contributed by atoms with Crippen molar-refractivity contribution in [1.82, 2.24) is 0 Å². The third-order valence-electron chi connectivity index (χ3n) is 5.21. The van der Waals surface area contributed by atoms with Crippen LogP contribution in [0.25, 0.3) is 0 Å². The SMILES string of the molecule is CCCCCCCCCCC(CC)[N+](C)(CCC)CCC. The standard InChI is InChI=1S/C20H44N/c1-6-10-11-12-13-14-15-16-17-20(9-4)21(5,18-7-2)19-8-3/h20H,6-19H2,1-5H3/q+1. The van der Waals surface area contributed by atoms with E-state index in [1.807, 2.05) is 0 Å². The Balaban J connectivity index is 3.91. The first kappa shape index (κ1) is 21.0. The van der Waals surface area contributed by atoms with Crippen molar-refractivity contribution < 1.29 is 4.48 Å². The van der Waals surface area contributed by atoms with Crippen molar-refractivity contribution in [1.29, 1.82) is 0 Å². The first-order valence-corrected chi connectivity index (χ1v) is 9.98. The zero-order chi connectivity index (χ0) is 16.0. The Bertz CT molecular complexity index is 206. The van der Waals surface area contributed by atoms with Crippen molar-refractivity contribution in [2.75, 3.05) is 20.1 Å². The third-order valence-corrected chi connectivity index (χ3v) is 5.21. The Hall–Kier alpha value is -0.0400. The van der Waals surface area contributed by atoms with E-state index in [0.717, 1.165) is 6.04 Å². The molecule has 1 atom stereocenters. The normalized spacial score (nSPS) is 13.6. The smallest absolute Gasteiger partial charge is 0.0885 e. The molecule has 0 spiro atoms. The molecular formula is C20H44N+. The van der Waals surface area contributed by atoms with Crippen LogP contribution in [-0.2, 0) is 0 Å². The van der Waals surface area contributed by atoms with E-state index in [2.05, 4.69) is 34.7 Å². The third kappa shape index (κ3) is 9.55. The summed E-state index contributed by atoms with van der Waals surface area (Å²) in [5.41, 5.74) is 0. The lowest BCUT2D eigenvalue weighted by molar-refractivity contribution is -0.934. The van der Waals surface area contributed by atoms with Gasteiger partial charge in [0.05, 0.1) is 26.2 Å². The first-order valence-electron chi connectivity index (χ1n) is 9.98. The lowest BCUT2D eigenvalue weighted by atomic mass is 10.00. The van der Waals surface area contributed by atoms with Gasteiger partial charge >= 0.3 is 0 Å². The Morgan fingerprint density at radius 3 is 1.52 bits per heavy atom. The zero-order valence-corrected chi connectivity index (χ0v) is 15.9. The molecule has 1 nitrogen and oxygen atoms in total. The highest BCUT2D eigenvalue weighted by atomic mass is 15.3. The number of rotatable bonds is 15. The summed E-state index contributed by atoms with van der Waals surface area (Å²) in [5, 5.41) is 0. The van der Waals surface area contributed by atoms with Crippen LogP contribution in [0.3, 0.4) is 0 Å². The van der Waals surface area contributed by atoms with Gasteiger partial charge in [-0.05, 0) is 32.1 Å². The van der Waals surface area contributed by atoms with E-state index in [9.17, 15) is 0 Å². The minimum Gasteiger partial charge on any atom is -0.324 e. The molecule has 0 aliphatic rings. The molecule has 21 heavy (non-hydrogen) atoms. The van der Waals surface area contributed by atoms with Crippen molar-refractivity contribution in [3.05, 3.63) is 0 Å². The largest absolute Gasteiger partial charge is 0.324 e. The van der Waals surface area contributed by atoms with Gasteiger partial charge in [-0.2, -0.15) is 0 Å². The van der Waals surface area contributed by atoms with Gasteiger partial charge in [0.25, 0.3) is 0 Å². The highest BCUT2D eigenvalue weighted by molar-refractivity contribution is 4.59. The highest BCUT2D eigenvalue weighted by Crippen LogP contribution is 2.22. The molecule has 0 N–H and O–H groups in total. The molecule has 0 aromatic rings. The molecule has 0 bridgehead atoms. The molecular weight excluding hydrogens is 254 g/mol. The quantitative estimate of drug-likeness (QED) is 0.237. The van der Waals surface area contributed by atoms with Crippen LogP contribution in [0.4, 0.5) is 0 Å². The zero-order valence-electron chi connectivity index (χ0n) is 15.9. The first-order chi connectivity index (χ1) is 10.1. The average Bonchev–Trinajstić information content (AvgIpc) is 2.46. The van der Waals surface area contributed by atoms with Crippen LogP contribution in [0.1, 0.15) is 105 Å². The van der Waals surface area contributed by atoms with Gasteiger partial charge in [-0.15, -0.1) is 0 Å². The van der Waals surface area contributed by atoms with E-state index < -0.39 is 0 Å². The topological polar surface area (TPSA) is 0 Å². The molecule has 0 saturated carbocycles. The second kappa shape index (κ2) is 13.6. The summed E-state index contributed by atoms with van der Waals surface area (Å²) in [4.78, 5) is 0. The molecule has 0 radical (unpaired) electrons. The molecule has 0 aliphatic carbocycles. The van der Waals surface area contributed by atoms with Gasteiger partial charge < -0.3 is 4.48 Å². The maximum absolute atomic E-state index is 2.51. The van der Waals surface area contributed by atoms with Gasteiger partial charge in [-0.3, -0.25) is 0 Å². The van der Waals surface area contributed by atoms with Gasteiger partial charge in [0.2, 0.25) is 0 Å². The predicted octanol–water partition coefficient (Wildman–Crippen LogP) is 6.56. The van der Waals surface area contributed by atoms with Crippen molar-refractivity contribution in [3.63, 3.8) is 0 Å². The van der Waals surface area contributed by atoms with E-state index in [1.54, 1.807) is 0 Å². The van der Waals surface area contributed by atoms with Crippen LogP contribution >= 0.6 is 0 Å². The Morgan fingerprint density at radius 2 is 1.10 bits per heavy atom. The molecule has 0 aliphatic heterocycles. The summed E-state index contributed by atoms with van der Waals surface area (Å²) in [7, 11) is 2.51. The Labute approximate surface area is 136 Å². The van der Waals surface area contributed by atoms with E-state index in [1.165, 1.54) is 94.6 Å². The van der Waals surface area contributed by atoms with Gasteiger partial charge in [-0.25, -0.2) is 0 Å². The van der Waals surface area contributed by atoms with Crippen molar-refractivity contribution in [2.45, 2.75) is 111 Å². The van der Waals surface area contributed by atoms with Crippen molar-refractivity contribution in [2.24, 2.45) is 0 Å². The van der Waals surface area contributed by atoms with Gasteiger partial charge in [0, 0.05) is 0 Å². The fraction of sp³-hybridized carbons (Fsp3) is 1.00.